The van der Waals surface area contributed by atoms with Gasteiger partial charge >= 0.3 is 0 Å². The summed E-state index contributed by atoms with van der Waals surface area (Å²) in [4.78, 5) is 45.3. The van der Waals surface area contributed by atoms with Crippen molar-refractivity contribution in [1.29, 1.82) is 0 Å². The second-order valence-corrected chi connectivity index (χ2v) is 11.8. The summed E-state index contributed by atoms with van der Waals surface area (Å²) < 4.78 is 0. The Balaban J connectivity index is 1.08. The molecule has 0 spiro atoms. The van der Waals surface area contributed by atoms with Gasteiger partial charge in [0.25, 0.3) is 5.91 Å². The van der Waals surface area contributed by atoms with Crippen LogP contribution in [0.2, 0.25) is 0 Å². The number of nitrogens with one attached hydrogen (secondary N) is 3. The standard InChI is InChI=1S/C33H39N11O/c1-41-14-18-43(19-15-41)32-38-31(39-33(40-32)44-20-16-42(2)17-21-44)35-13-12-34-30(45)27-22-25-24-10-6-7-11-26(24)36-29(25)28(37-27)23-8-4-3-5-9-23/h3-11,22,36H,12-21H2,1-2H3,(H,34,45)(H,35,38,39,40). The number of anilines is 3. The molecule has 232 valence electrons. The topological polar surface area (TPSA) is 121 Å². The number of rotatable bonds is 8. The third kappa shape index (κ3) is 6.24. The first-order valence-electron chi connectivity index (χ1n) is 15.6. The van der Waals surface area contributed by atoms with Crippen molar-refractivity contribution in [3.05, 3.63) is 66.4 Å². The Labute approximate surface area is 262 Å². The third-order valence-corrected chi connectivity index (χ3v) is 8.65. The minimum absolute atomic E-state index is 0.229. The number of aromatic nitrogens is 5. The Morgan fingerprint density at radius 2 is 1.36 bits per heavy atom. The monoisotopic (exact) mass is 605 g/mol. The van der Waals surface area contributed by atoms with Crippen LogP contribution in [0.5, 0.6) is 0 Å². The first kappa shape index (κ1) is 28.9. The summed E-state index contributed by atoms with van der Waals surface area (Å²) in [5.41, 5.74) is 4.01. The number of fused-ring (bicyclic) bond motifs is 3. The van der Waals surface area contributed by atoms with E-state index >= 15 is 0 Å². The molecule has 12 nitrogen and oxygen atoms in total. The number of piperazine rings is 2. The van der Waals surface area contributed by atoms with E-state index in [9.17, 15) is 4.79 Å². The molecule has 2 aliphatic rings. The van der Waals surface area contributed by atoms with Crippen LogP contribution >= 0.6 is 0 Å². The highest BCUT2D eigenvalue weighted by molar-refractivity contribution is 6.13. The van der Waals surface area contributed by atoms with Crippen molar-refractivity contribution in [3.63, 3.8) is 0 Å². The summed E-state index contributed by atoms with van der Waals surface area (Å²) in [7, 11) is 4.27. The van der Waals surface area contributed by atoms with Crippen LogP contribution in [0.3, 0.4) is 0 Å². The summed E-state index contributed by atoms with van der Waals surface area (Å²) in [6, 6.07) is 20.0. The number of hydrogen-bond acceptors (Lipinski definition) is 10. The molecule has 2 saturated heterocycles. The Bertz CT molecular complexity index is 1750. The highest BCUT2D eigenvalue weighted by Crippen LogP contribution is 2.32. The molecule has 0 aliphatic carbocycles. The Morgan fingerprint density at radius 3 is 2.02 bits per heavy atom. The molecule has 2 aliphatic heterocycles. The largest absolute Gasteiger partial charge is 0.353 e. The van der Waals surface area contributed by atoms with Gasteiger partial charge < -0.3 is 35.2 Å². The Kier molecular flexibility index (Phi) is 8.14. The molecule has 45 heavy (non-hydrogen) atoms. The molecule has 0 bridgehead atoms. The average molecular weight is 606 g/mol. The van der Waals surface area contributed by atoms with E-state index in [0.717, 1.165) is 85.4 Å². The van der Waals surface area contributed by atoms with Crippen molar-refractivity contribution < 1.29 is 4.79 Å². The highest BCUT2D eigenvalue weighted by atomic mass is 16.1. The van der Waals surface area contributed by atoms with Crippen molar-refractivity contribution in [3.8, 4) is 11.3 Å². The fourth-order valence-electron chi connectivity index (χ4n) is 5.94. The van der Waals surface area contributed by atoms with Gasteiger partial charge in [-0.05, 0) is 26.2 Å². The maximum Gasteiger partial charge on any atom is 0.269 e. The molecule has 5 heterocycles. The molecule has 0 saturated carbocycles. The SMILES string of the molecule is CN1CCN(c2nc(NCCNC(=O)c3cc4c([nH]c5ccccc54)c(-c4ccccc4)n3)nc(N3CCN(C)CC3)n2)CC1. The molecular formula is C33H39N11O. The van der Waals surface area contributed by atoms with Gasteiger partial charge in [-0.1, -0.05) is 48.5 Å². The van der Waals surface area contributed by atoms with Gasteiger partial charge in [-0.2, -0.15) is 15.0 Å². The number of carbonyl (C=O) groups is 1. The van der Waals surface area contributed by atoms with Gasteiger partial charge in [-0.15, -0.1) is 0 Å². The Morgan fingerprint density at radius 1 is 0.733 bits per heavy atom. The molecule has 0 atom stereocenters. The number of amides is 1. The molecule has 7 rings (SSSR count). The molecule has 0 unspecified atom stereocenters. The Hall–Kier alpha value is -4.81. The van der Waals surface area contributed by atoms with Gasteiger partial charge in [0.2, 0.25) is 17.8 Å². The number of hydrogen-bond donors (Lipinski definition) is 3. The normalized spacial score (nSPS) is 16.4. The van der Waals surface area contributed by atoms with Gasteiger partial charge in [0.15, 0.2) is 0 Å². The van der Waals surface area contributed by atoms with E-state index in [-0.39, 0.29) is 5.91 Å². The lowest BCUT2D eigenvalue weighted by molar-refractivity contribution is 0.0950. The molecule has 5 aromatic rings. The zero-order valence-electron chi connectivity index (χ0n) is 25.8. The maximum absolute atomic E-state index is 13.4. The molecular weight excluding hydrogens is 566 g/mol. The zero-order chi connectivity index (χ0) is 30.8. The van der Waals surface area contributed by atoms with Crippen LogP contribution in [0.25, 0.3) is 33.1 Å². The van der Waals surface area contributed by atoms with Crippen LogP contribution in [0.15, 0.2) is 60.7 Å². The summed E-state index contributed by atoms with van der Waals surface area (Å²) in [5, 5.41) is 8.41. The quantitative estimate of drug-likeness (QED) is 0.228. The fourth-order valence-corrected chi connectivity index (χ4v) is 5.94. The third-order valence-electron chi connectivity index (χ3n) is 8.65. The highest BCUT2D eigenvalue weighted by Gasteiger charge is 2.23. The number of pyridine rings is 1. The molecule has 2 aromatic carbocycles. The van der Waals surface area contributed by atoms with E-state index < -0.39 is 0 Å². The summed E-state index contributed by atoms with van der Waals surface area (Å²) in [6.07, 6.45) is 0. The summed E-state index contributed by atoms with van der Waals surface area (Å²) in [6.45, 7) is 8.20. The maximum atomic E-state index is 13.4. The first-order valence-corrected chi connectivity index (χ1v) is 15.6. The van der Waals surface area contributed by atoms with Crippen LogP contribution in [0, 0.1) is 0 Å². The summed E-state index contributed by atoms with van der Waals surface area (Å²) in [5.74, 6) is 1.69. The molecule has 12 heteroatoms. The molecule has 3 aromatic heterocycles. The number of H-pyrrole nitrogens is 1. The lowest BCUT2D eigenvalue weighted by atomic mass is 10.1. The van der Waals surface area contributed by atoms with Crippen molar-refractivity contribution in [2.75, 3.05) is 94.7 Å². The van der Waals surface area contributed by atoms with E-state index in [1.807, 2.05) is 54.6 Å². The van der Waals surface area contributed by atoms with Gasteiger partial charge in [0.1, 0.15) is 5.69 Å². The average Bonchev–Trinajstić information content (AvgIpc) is 3.46. The smallest absolute Gasteiger partial charge is 0.269 e. The van der Waals surface area contributed by atoms with Gasteiger partial charge in [-0.3, -0.25) is 4.79 Å². The van der Waals surface area contributed by atoms with E-state index in [4.69, 9.17) is 19.9 Å². The minimum atomic E-state index is -0.229. The molecule has 1 amide bonds. The van der Waals surface area contributed by atoms with Crippen molar-refractivity contribution in [2.45, 2.75) is 0 Å². The predicted molar refractivity (Wildman–Crippen MR) is 179 cm³/mol. The lowest BCUT2D eigenvalue weighted by Crippen LogP contribution is -2.47. The van der Waals surface area contributed by atoms with Crippen LogP contribution in [0.4, 0.5) is 17.8 Å². The van der Waals surface area contributed by atoms with Crippen LogP contribution in [-0.4, -0.2) is 120 Å². The number of likely N-dealkylation sites (N-methyl/N-ethyl adjacent to an activating group) is 2. The van der Waals surface area contributed by atoms with E-state index in [1.165, 1.54) is 0 Å². The molecule has 3 N–H and O–H groups in total. The van der Waals surface area contributed by atoms with Gasteiger partial charge in [-0.25, -0.2) is 4.98 Å². The van der Waals surface area contributed by atoms with Gasteiger partial charge in [0.05, 0.1) is 11.2 Å². The van der Waals surface area contributed by atoms with E-state index in [2.05, 4.69) is 55.4 Å². The van der Waals surface area contributed by atoms with Crippen molar-refractivity contribution >= 4 is 45.6 Å². The lowest BCUT2D eigenvalue weighted by Gasteiger charge is -2.34. The first-order chi connectivity index (χ1) is 22.0. The molecule has 0 radical (unpaired) electrons. The number of benzene rings is 2. The minimum Gasteiger partial charge on any atom is -0.353 e. The second-order valence-electron chi connectivity index (χ2n) is 11.8. The van der Waals surface area contributed by atoms with Crippen molar-refractivity contribution in [2.24, 2.45) is 0 Å². The van der Waals surface area contributed by atoms with E-state index in [1.54, 1.807) is 0 Å². The number of para-hydroxylation sites is 1. The fraction of sp³-hybridized carbons (Fsp3) is 0.364. The number of nitrogens with zero attached hydrogens (tertiary/aromatic N) is 8. The van der Waals surface area contributed by atoms with Crippen LogP contribution in [-0.2, 0) is 0 Å². The van der Waals surface area contributed by atoms with Crippen molar-refractivity contribution in [1.82, 2.24) is 40.0 Å². The number of carbonyl (C=O) groups excluding carboxylic acids is 1. The molecule has 2 fully saturated rings. The van der Waals surface area contributed by atoms with Gasteiger partial charge in [0, 0.05) is 87.3 Å². The van der Waals surface area contributed by atoms with Crippen LogP contribution < -0.4 is 20.4 Å². The summed E-state index contributed by atoms with van der Waals surface area (Å²) >= 11 is 0. The van der Waals surface area contributed by atoms with Crippen LogP contribution in [0.1, 0.15) is 10.5 Å². The van der Waals surface area contributed by atoms with E-state index in [0.29, 0.717) is 36.6 Å². The number of aromatic amines is 1. The predicted octanol–water partition coefficient (Wildman–Crippen LogP) is 2.91. The second kappa shape index (κ2) is 12.7. The zero-order valence-corrected chi connectivity index (χ0v) is 25.8.